The van der Waals surface area contributed by atoms with Gasteiger partial charge >= 0.3 is 5.97 Å². The van der Waals surface area contributed by atoms with Crippen molar-refractivity contribution in [2.75, 3.05) is 19.1 Å². The number of halogens is 1. The first-order valence-electron chi connectivity index (χ1n) is 5.98. The lowest BCUT2D eigenvalue weighted by molar-refractivity contribution is 0.0594. The van der Waals surface area contributed by atoms with E-state index in [2.05, 4.69) is 14.7 Å². The van der Waals surface area contributed by atoms with Crippen molar-refractivity contribution in [2.24, 2.45) is 0 Å². The van der Waals surface area contributed by atoms with Crippen LogP contribution in [-0.4, -0.2) is 30.1 Å². The molecule has 104 valence electrons. The Kier molecular flexibility index (Phi) is 4.53. The number of rotatable bonds is 4. The van der Waals surface area contributed by atoms with Crippen molar-refractivity contribution in [3.05, 3.63) is 52.9 Å². The molecule has 0 fully saturated rings. The van der Waals surface area contributed by atoms with Crippen LogP contribution in [0.15, 0.2) is 36.4 Å². The molecule has 5 nitrogen and oxygen atoms in total. The number of hydrogen-bond donors (Lipinski definition) is 0. The number of hydrogen-bond acceptors (Lipinski definition) is 5. The zero-order valence-electron chi connectivity index (χ0n) is 11.2. The number of ether oxygens (including phenoxy) is 1. The Balaban J connectivity index is 2.23. The third-order valence-electron chi connectivity index (χ3n) is 2.73. The number of nitrogens with zero attached hydrogens (tertiary/aromatic N) is 3. The Morgan fingerprint density at radius 1 is 1.30 bits per heavy atom. The zero-order valence-corrected chi connectivity index (χ0v) is 12.0. The molecule has 0 N–H and O–H groups in total. The maximum Gasteiger partial charge on any atom is 0.356 e. The molecule has 0 unspecified atom stereocenters. The Morgan fingerprint density at radius 3 is 2.65 bits per heavy atom. The summed E-state index contributed by atoms with van der Waals surface area (Å²) in [5, 5.41) is 0.0165. The molecule has 6 heteroatoms. The van der Waals surface area contributed by atoms with Gasteiger partial charge in [-0.25, -0.2) is 14.8 Å². The minimum Gasteiger partial charge on any atom is -0.464 e. The Morgan fingerprint density at radius 2 is 2.00 bits per heavy atom. The minimum absolute atomic E-state index is 0.0165. The Labute approximate surface area is 122 Å². The van der Waals surface area contributed by atoms with Gasteiger partial charge in [0.2, 0.25) is 5.28 Å². The van der Waals surface area contributed by atoms with E-state index >= 15 is 0 Å². The largest absolute Gasteiger partial charge is 0.464 e. The molecule has 0 saturated carbocycles. The highest BCUT2D eigenvalue weighted by Gasteiger charge is 2.13. The average Bonchev–Trinajstić information content (AvgIpc) is 2.46. The first-order chi connectivity index (χ1) is 9.60. The lowest BCUT2D eigenvalue weighted by Crippen LogP contribution is -2.19. The van der Waals surface area contributed by atoms with Crippen LogP contribution in [-0.2, 0) is 11.3 Å². The maximum atomic E-state index is 11.5. The van der Waals surface area contributed by atoms with Gasteiger partial charge in [0, 0.05) is 19.7 Å². The molecule has 2 rings (SSSR count). The maximum absolute atomic E-state index is 11.5. The van der Waals surface area contributed by atoms with Crippen molar-refractivity contribution in [1.29, 1.82) is 0 Å². The van der Waals surface area contributed by atoms with E-state index in [9.17, 15) is 4.79 Å². The van der Waals surface area contributed by atoms with Crippen LogP contribution in [0.1, 0.15) is 16.1 Å². The lowest BCUT2D eigenvalue weighted by Gasteiger charge is -2.18. The van der Waals surface area contributed by atoms with Gasteiger partial charge in [-0.1, -0.05) is 30.3 Å². The second-order valence-corrected chi connectivity index (χ2v) is 4.55. The molecular formula is C14H14ClN3O2. The van der Waals surface area contributed by atoms with Crippen LogP contribution in [0.3, 0.4) is 0 Å². The molecule has 1 aromatic carbocycles. The first kappa shape index (κ1) is 14.3. The standard InChI is InChI=1S/C14H14ClN3O2/c1-18(9-10-6-4-3-5-7-10)12-8-11(13(19)20-2)16-14(15)17-12/h3-8H,9H2,1-2H3. The molecule has 0 aliphatic heterocycles. The summed E-state index contributed by atoms with van der Waals surface area (Å²) in [5.41, 5.74) is 1.27. The first-order valence-corrected chi connectivity index (χ1v) is 6.36. The summed E-state index contributed by atoms with van der Waals surface area (Å²) in [7, 11) is 3.17. The van der Waals surface area contributed by atoms with E-state index in [0.717, 1.165) is 5.56 Å². The molecule has 1 aromatic heterocycles. The van der Waals surface area contributed by atoms with Gasteiger partial charge < -0.3 is 9.64 Å². The molecule has 0 bridgehead atoms. The highest BCUT2D eigenvalue weighted by molar-refractivity contribution is 6.28. The topological polar surface area (TPSA) is 55.3 Å². The van der Waals surface area contributed by atoms with Gasteiger partial charge in [-0.2, -0.15) is 0 Å². The second kappa shape index (κ2) is 6.34. The molecule has 2 aromatic rings. The second-order valence-electron chi connectivity index (χ2n) is 4.21. The SMILES string of the molecule is COC(=O)c1cc(N(C)Cc2ccccc2)nc(Cl)n1. The fourth-order valence-electron chi connectivity index (χ4n) is 1.75. The van der Waals surface area contributed by atoms with Crippen molar-refractivity contribution in [1.82, 2.24) is 9.97 Å². The van der Waals surface area contributed by atoms with Crippen molar-refractivity contribution < 1.29 is 9.53 Å². The van der Waals surface area contributed by atoms with Crippen LogP contribution in [0.4, 0.5) is 5.82 Å². The van der Waals surface area contributed by atoms with Gasteiger partial charge in [0.05, 0.1) is 7.11 Å². The van der Waals surface area contributed by atoms with E-state index in [1.54, 1.807) is 6.07 Å². The van der Waals surface area contributed by atoms with Gasteiger partial charge in [0.25, 0.3) is 0 Å². The molecule has 0 spiro atoms. The number of carbonyl (C=O) groups excluding carboxylic acids is 1. The molecule has 0 amide bonds. The Hall–Kier alpha value is -2.14. The van der Waals surface area contributed by atoms with E-state index in [1.165, 1.54) is 7.11 Å². The van der Waals surface area contributed by atoms with Gasteiger partial charge in [-0.3, -0.25) is 0 Å². The number of anilines is 1. The van der Waals surface area contributed by atoms with Gasteiger partial charge in [0.1, 0.15) is 5.82 Å². The number of methoxy groups -OCH3 is 1. The third kappa shape index (κ3) is 3.45. The van der Waals surface area contributed by atoms with Crippen LogP contribution >= 0.6 is 11.6 Å². The van der Waals surface area contributed by atoms with Gasteiger partial charge in [0.15, 0.2) is 5.69 Å². The summed E-state index contributed by atoms with van der Waals surface area (Å²) in [5.74, 6) is 0.0258. The predicted octanol–water partition coefficient (Wildman–Crippen LogP) is 2.55. The predicted molar refractivity (Wildman–Crippen MR) is 76.9 cm³/mol. The van der Waals surface area contributed by atoms with E-state index in [1.807, 2.05) is 42.3 Å². The smallest absolute Gasteiger partial charge is 0.356 e. The van der Waals surface area contributed by atoms with Gasteiger partial charge in [-0.15, -0.1) is 0 Å². The van der Waals surface area contributed by atoms with Crippen LogP contribution in [0.5, 0.6) is 0 Å². The summed E-state index contributed by atoms with van der Waals surface area (Å²) in [6.07, 6.45) is 0. The molecule has 0 aliphatic carbocycles. The summed E-state index contributed by atoms with van der Waals surface area (Å²) in [6.45, 7) is 0.648. The highest BCUT2D eigenvalue weighted by Crippen LogP contribution is 2.17. The van der Waals surface area contributed by atoms with E-state index in [-0.39, 0.29) is 11.0 Å². The van der Waals surface area contributed by atoms with Gasteiger partial charge in [-0.05, 0) is 17.2 Å². The molecular weight excluding hydrogens is 278 g/mol. The summed E-state index contributed by atoms with van der Waals surface area (Å²) < 4.78 is 4.64. The number of benzene rings is 1. The highest BCUT2D eigenvalue weighted by atomic mass is 35.5. The summed E-state index contributed by atoms with van der Waals surface area (Å²) in [4.78, 5) is 21.4. The zero-order chi connectivity index (χ0) is 14.5. The molecule has 0 atom stereocenters. The quantitative estimate of drug-likeness (QED) is 0.640. The molecule has 20 heavy (non-hydrogen) atoms. The Bertz CT molecular complexity index is 605. The fourth-order valence-corrected chi connectivity index (χ4v) is 1.93. The fraction of sp³-hybridized carbons (Fsp3) is 0.214. The van der Waals surface area contributed by atoms with Crippen molar-refractivity contribution in [3.63, 3.8) is 0 Å². The van der Waals surface area contributed by atoms with E-state index < -0.39 is 5.97 Å². The van der Waals surface area contributed by atoms with Crippen LogP contribution in [0.2, 0.25) is 5.28 Å². The van der Waals surface area contributed by atoms with Crippen LogP contribution in [0, 0.1) is 0 Å². The molecule has 0 saturated heterocycles. The number of aromatic nitrogens is 2. The van der Waals surface area contributed by atoms with Crippen LogP contribution in [0.25, 0.3) is 0 Å². The molecule has 1 heterocycles. The van der Waals surface area contributed by atoms with Crippen molar-refractivity contribution in [3.8, 4) is 0 Å². The summed E-state index contributed by atoms with van der Waals surface area (Å²) >= 11 is 5.84. The average molecular weight is 292 g/mol. The normalized spacial score (nSPS) is 10.2. The van der Waals surface area contributed by atoms with Crippen LogP contribution < -0.4 is 4.90 Å². The number of carbonyl (C=O) groups is 1. The number of esters is 1. The molecule has 0 aliphatic rings. The third-order valence-corrected chi connectivity index (χ3v) is 2.90. The van der Waals surface area contributed by atoms with E-state index in [4.69, 9.17) is 11.6 Å². The van der Waals surface area contributed by atoms with E-state index in [0.29, 0.717) is 12.4 Å². The molecule has 0 radical (unpaired) electrons. The minimum atomic E-state index is -0.538. The monoisotopic (exact) mass is 291 g/mol. The van der Waals surface area contributed by atoms with Crippen molar-refractivity contribution >= 4 is 23.4 Å². The summed E-state index contributed by atoms with van der Waals surface area (Å²) in [6, 6.07) is 11.5. The van der Waals surface area contributed by atoms with Crippen molar-refractivity contribution in [2.45, 2.75) is 6.54 Å². The lowest BCUT2D eigenvalue weighted by atomic mass is 10.2.